The van der Waals surface area contributed by atoms with Gasteiger partial charge in [0, 0.05) is 25.0 Å². The van der Waals surface area contributed by atoms with Crippen molar-refractivity contribution >= 4 is 0 Å². The van der Waals surface area contributed by atoms with Crippen molar-refractivity contribution in [3.8, 4) is 0 Å². The lowest BCUT2D eigenvalue weighted by atomic mass is 9.83. The third-order valence-corrected chi connectivity index (χ3v) is 2.94. The van der Waals surface area contributed by atoms with E-state index in [1.807, 2.05) is 0 Å². The van der Waals surface area contributed by atoms with Crippen LogP contribution in [0.1, 0.15) is 6.92 Å². The van der Waals surface area contributed by atoms with E-state index in [2.05, 4.69) is 29.7 Å². The summed E-state index contributed by atoms with van der Waals surface area (Å²) < 4.78 is 0. The number of rotatable bonds is 1. The first kappa shape index (κ1) is 8.23. The van der Waals surface area contributed by atoms with Crippen molar-refractivity contribution in [3.05, 3.63) is 12.2 Å². The van der Waals surface area contributed by atoms with Crippen LogP contribution in [0.5, 0.6) is 0 Å². The number of aliphatic hydroxyl groups excluding tert-OH is 1. The van der Waals surface area contributed by atoms with Gasteiger partial charge in [-0.2, -0.15) is 0 Å². The summed E-state index contributed by atoms with van der Waals surface area (Å²) in [6.45, 7) is 4.20. The highest BCUT2D eigenvalue weighted by Crippen LogP contribution is 2.26. The normalized spacial score (nSPS) is 46.2. The van der Waals surface area contributed by atoms with Gasteiger partial charge < -0.3 is 15.7 Å². The summed E-state index contributed by atoms with van der Waals surface area (Å²) in [5, 5.41) is 16.1. The van der Waals surface area contributed by atoms with E-state index in [1.54, 1.807) is 0 Å². The lowest BCUT2D eigenvalue weighted by molar-refractivity contribution is 0.141. The predicted molar refractivity (Wildman–Crippen MR) is 47.9 cm³/mol. The molecule has 0 aliphatic carbocycles. The van der Waals surface area contributed by atoms with Gasteiger partial charge in [-0.15, -0.1) is 0 Å². The van der Waals surface area contributed by atoms with Crippen molar-refractivity contribution in [2.24, 2.45) is 5.92 Å². The highest BCUT2D eigenvalue weighted by Gasteiger charge is 2.43. The van der Waals surface area contributed by atoms with Crippen LogP contribution in [-0.2, 0) is 0 Å². The summed E-state index contributed by atoms with van der Waals surface area (Å²) in [7, 11) is 0. The minimum atomic E-state index is -0.0891. The number of fused-ring (bicyclic) bond motifs is 1. The van der Waals surface area contributed by atoms with Crippen LogP contribution in [0.15, 0.2) is 12.2 Å². The van der Waals surface area contributed by atoms with Gasteiger partial charge >= 0.3 is 0 Å². The quantitative estimate of drug-likeness (QED) is 0.462. The van der Waals surface area contributed by atoms with Crippen LogP contribution in [0.25, 0.3) is 0 Å². The molecule has 0 bridgehead atoms. The summed E-state index contributed by atoms with van der Waals surface area (Å²) >= 11 is 0. The van der Waals surface area contributed by atoms with Gasteiger partial charge in [0.2, 0.25) is 0 Å². The zero-order valence-corrected chi connectivity index (χ0v) is 7.38. The maximum atomic E-state index is 9.33. The fourth-order valence-corrected chi connectivity index (χ4v) is 2.21. The fourth-order valence-electron chi connectivity index (χ4n) is 2.21. The van der Waals surface area contributed by atoms with Gasteiger partial charge in [-0.05, 0) is 6.92 Å². The first-order valence-electron chi connectivity index (χ1n) is 4.54. The molecule has 3 heteroatoms. The molecule has 1 saturated heterocycles. The predicted octanol–water partition coefficient (Wildman–Crippen LogP) is -0.515. The summed E-state index contributed by atoms with van der Waals surface area (Å²) in [6.07, 6.45) is 4.39. The molecular formula is C9H16N2O. The molecule has 2 rings (SSSR count). The average Bonchev–Trinajstić information content (AvgIpc) is 2.47. The van der Waals surface area contributed by atoms with Gasteiger partial charge in [0.25, 0.3) is 0 Å². The molecule has 1 fully saturated rings. The van der Waals surface area contributed by atoms with E-state index >= 15 is 0 Å². The Morgan fingerprint density at radius 3 is 3.17 bits per heavy atom. The number of aliphatic hydroxyl groups is 1. The SMILES string of the molecule is C[C@@H]1C=C[C@@H]2CNC[C@@]2(CO)N1. The lowest BCUT2D eigenvalue weighted by Gasteiger charge is -2.38. The molecule has 0 amide bonds. The topological polar surface area (TPSA) is 44.3 Å². The second kappa shape index (κ2) is 2.83. The maximum Gasteiger partial charge on any atom is 0.0632 e. The molecule has 3 N–H and O–H groups in total. The number of hydrogen-bond acceptors (Lipinski definition) is 3. The zero-order chi connectivity index (χ0) is 8.60. The summed E-state index contributed by atoms with van der Waals surface area (Å²) in [5.41, 5.74) is -0.0891. The molecule has 12 heavy (non-hydrogen) atoms. The molecule has 3 nitrogen and oxygen atoms in total. The molecule has 2 aliphatic rings. The van der Waals surface area contributed by atoms with E-state index in [4.69, 9.17) is 0 Å². The van der Waals surface area contributed by atoms with Crippen molar-refractivity contribution in [2.75, 3.05) is 19.7 Å². The van der Waals surface area contributed by atoms with Crippen LogP contribution < -0.4 is 10.6 Å². The van der Waals surface area contributed by atoms with Crippen LogP contribution in [0.2, 0.25) is 0 Å². The highest BCUT2D eigenvalue weighted by atomic mass is 16.3. The molecule has 0 radical (unpaired) electrons. The van der Waals surface area contributed by atoms with Crippen LogP contribution >= 0.6 is 0 Å². The molecule has 0 aromatic heterocycles. The smallest absolute Gasteiger partial charge is 0.0632 e. The van der Waals surface area contributed by atoms with Gasteiger partial charge in [0.15, 0.2) is 0 Å². The van der Waals surface area contributed by atoms with E-state index in [9.17, 15) is 5.11 Å². The second-order valence-corrected chi connectivity index (χ2v) is 3.87. The molecule has 0 aromatic rings. The van der Waals surface area contributed by atoms with E-state index in [1.165, 1.54) is 0 Å². The van der Waals surface area contributed by atoms with Crippen LogP contribution in [0.3, 0.4) is 0 Å². The molecule has 2 heterocycles. The monoisotopic (exact) mass is 168 g/mol. The molecule has 0 saturated carbocycles. The molecule has 2 aliphatic heterocycles. The van der Waals surface area contributed by atoms with Crippen molar-refractivity contribution < 1.29 is 5.11 Å². The van der Waals surface area contributed by atoms with Crippen molar-refractivity contribution in [1.29, 1.82) is 0 Å². The molecule has 0 aromatic carbocycles. The number of nitrogens with one attached hydrogen (secondary N) is 2. The maximum absolute atomic E-state index is 9.33. The second-order valence-electron chi connectivity index (χ2n) is 3.87. The summed E-state index contributed by atoms with van der Waals surface area (Å²) in [4.78, 5) is 0. The minimum absolute atomic E-state index is 0.0891. The van der Waals surface area contributed by atoms with E-state index in [0.717, 1.165) is 13.1 Å². The van der Waals surface area contributed by atoms with Gasteiger partial charge in [-0.25, -0.2) is 0 Å². The third-order valence-electron chi connectivity index (χ3n) is 2.94. The Morgan fingerprint density at radius 2 is 2.42 bits per heavy atom. The minimum Gasteiger partial charge on any atom is -0.394 e. The fraction of sp³-hybridized carbons (Fsp3) is 0.778. The Morgan fingerprint density at radius 1 is 1.58 bits per heavy atom. The zero-order valence-electron chi connectivity index (χ0n) is 7.38. The molecule has 0 unspecified atom stereocenters. The molecular weight excluding hydrogens is 152 g/mol. The Labute approximate surface area is 72.9 Å². The Bertz CT molecular complexity index is 205. The summed E-state index contributed by atoms with van der Waals surface area (Å²) in [6, 6.07) is 0.383. The Balaban J connectivity index is 2.23. The Kier molecular flexibility index (Phi) is 1.94. The number of hydrogen-bond donors (Lipinski definition) is 3. The van der Waals surface area contributed by atoms with Gasteiger partial charge in [0.1, 0.15) is 0 Å². The molecule has 3 atom stereocenters. The largest absolute Gasteiger partial charge is 0.394 e. The van der Waals surface area contributed by atoms with E-state index in [0.29, 0.717) is 12.0 Å². The van der Waals surface area contributed by atoms with Crippen LogP contribution in [0, 0.1) is 5.92 Å². The lowest BCUT2D eigenvalue weighted by Crippen LogP contribution is -2.58. The van der Waals surface area contributed by atoms with Gasteiger partial charge in [0.05, 0.1) is 12.1 Å². The van der Waals surface area contributed by atoms with Gasteiger partial charge in [-0.1, -0.05) is 12.2 Å². The van der Waals surface area contributed by atoms with Crippen molar-refractivity contribution in [1.82, 2.24) is 10.6 Å². The van der Waals surface area contributed by atoms with E-state index < -0.39 is 0 Å². The van der Waals surface area contributed by atoms with Crippen molar-refractivity contribution in [2.45, 2.75) is 18.5 Å². The highest BCUT2D eigenvalue weighted by molar-refractivity contribution is 5.17. The third kappa shape index (κ3) is 1.09. The molecule has 0 spiro atoms. The molecule has 68 valence electrons. The average molecular weight is 168 g/mol. The first-order valence-corrected chi connectivity index (χ1v) is 4.54. The van der Waals surface area contributed by atoms with Gasteiger partial charge in [-0.3, -0.25) is 0 Å². The van der Waals surface area contributed by atoms with Crippen LogP contribution in [-0.4, -0.2) is 36.4 Å². The van der Waals surface area contributed by atoms with Crippen LogP contribution in [0.4, 0.5) is 0 Å². The first-order chi connectivity index (χ1) is 5.77. The standard InChI is InChI=1S/C9H16N2O/c1-7-2-3-8-4-10-5-9(8,6-12)11-7/h2-3,7-8,10-12H,4-6H2,1H3/t7-,8-,9+/m1/s1. The van der Waals surface area contributed by atoms with Crippen molar-refractivity contribution in [3.63, 3.8) is 0 Å². The Hall–Kier alpha value is -0.380. The van der Waals surface area contributed by atoms with E-state index in [-0.39, 0.29) is 12.1 Å². The summed E-state index contributed by atoms with van der Waals surface area (Å²) in [5.74, 6) is 0.457.